The fraction of sp³-hybridized carbons (Fsp3) is 0.875. The van der Waals surface area contributed by atoms with Crippen molar-refractivity contribution in [1.29, 1.82) is 0 Å². The van der Waals surface area contributed by atoms with Crippen LogP contribution in [0.15, 0.2) is 0 Å². The number of carbonyl (C=O) groups is 1. The fourth-order valence-electron chi connectivity index (χ4n) is 2.71. The maximum absolute atomic E-state index is 11.2. The Morgan fingerprint density at radius 2 is 2.55 bits per heavy atom. The fourth-order valence-corrected chi connectivity index (χ4v) is 2.71. The Kier molecular flexibility index (Phi) is 0.876. The van der Waals surface area contributed by atoms with E-state index in [1.54, 1.807) is 0 Å². The first-order chi connectivity index (χ1) is 5.30. The summed E-state index contributed by atoms with van der Waals surface area (Å²) in [5.74, 6) is 0.397. The van der Waals surface area contributed by atoms with Crippen molar-refractivity contribution in [3.63, 3.8) is 0 Å². The molecule has 3 heteroatoms. The monoisotopic (exact) mass is 153 g/mol. The average Bonchev–Trinajstić information content (AvgIpc) is 2.62. The van der Waals surface area contributed by atoms with Gasteiger partial charge in [-0.05, 0) is 19.3 Å². The highest BCUT2D eigenvalue weighted by Crippen LogP contribution is 2.49. The van der Waals surface area contributed by atoms with Crippen molar-refractivity contribution in [2.24, 2.45) is 5.92 Å². The van der Waals surface area contributed by atoms with Crippen LogP contribution in [0.3, 0.4) is 0 Å². The minimum atomic E-state index is -0.0677. The van der Waals surface area contributed by atoms with E-state index in [2.05, 4.69) is 5.32 Å². The molecule has 60 valence electrons. The van der Waals surface area contributed by atoms with E-state index in [4.69, 9.17) is 4.74 Å². The highest BCUT2D eigenvalue weighted by atomic mass is 16.5. The van der Waals surface area contributed by atoms with E-state index in [9.17, 15) is 4.79 Å². The van der Waals surface area contributed by atoms with E-state index in [0.717, 1.165) is 25.8 Å². The summed E-state index contributed by atoms with van der Waals surface area (Å²) in [6.45, 7) is 0.757. The van der Waals surface area contributed by atoms with Crippen LogP contribution in [0.5, 0.6) is 0 Å². The van der Waals surface area contributed by atoms with E-state index in [1.165, 1.54) is 0 Å². The lowest BCUT2D eigenvalue weighted by Gasteiger charge is -2.21. The summed E-state index contributed by atoms with van der Waals surface area (Å²) in [7, 11) is 0. The topological polar surface area (TPSA) is 38.3 Å². The number of nitrogens with one attached hydrogen (secondary N) is 1. The third kappa shape index (κ3) is 0.562. The summed E-state index contributed by atoms with van der Waals surface area (Å²) in [5.41, 5.74) is -0.0677. The van der Waals surface area contributed by atoms with Crippen molar-refractivity contribution in [2.75, 3.05) is 6.54 Å². The number of amides is 1. The van der Waals surface area contributed by atoms with Gasteiger partial charge in [0, 0.05) is 6.54 Å². The van der Waals surface area contributed by atoms with Gasteiger partial charge in [0.05, 0.1) is 17.6 Å². The summed E-state index contributed by atoms with van der Waals surface area (Å²) in [6, 6.07) is 0. The van der Waals surface area contributed by atoms with Crippen LogP contribution in [0.2, 0.25) is 0 Å². The molecular weight excluding hydrogens is 142 g/mol. The molecule has 3 atom stereocenters. The lowest BCUT2D eigenvalue weighted by molar-refractivity contribution is -0.123. The van der Waals surface area contributed by atoms with E-state index in [-0.39, 0.29) is 17.4 Å². The lowest BCUT2D eigenvalue weighted by atomic mass is 9.81. The highest BCUT2D eigenvalue weighted by Gasteiger charge is 2.59. The van der Waals surface area contributed by atoms with Gasteiger partial charge < -0.3 is 10.1 Å². The van der Waals surface area contributed by atoms with Gasteiger partial charge in [-0.2, -0.15) is 0 Å². The summed E-state index contributed by atoms with van der Waals surface area (Å²) in [5, 5.41) is 2.88. The molecule has 0 aliphatic carbocycles. The van der Waals surface area contributed by atoms with E-state index in [1.807, 2.05) is 0 Å². The van der Waals surface area contributed by atoms with Crippen LogP contribution in [0, 0.1) is 5.92 Å². The summed E-state index contributed by atoms with van der Waals surface area (Å²) in [4.78, 5) is 11.2. The van der Waals surface area contributed by atoms with Crippen LogP contribution in [0.25, 0.3) is 0 Å². The molecule has 11 heavy (non-hydrogen) atoms. The molecule has 3 saturated heterocycles. The highest BCUT2D eigenvalue weighted by molar-refractivity contribution is 5.83. The molecule has 2 bridgehead atoms. The van der Waals surface area contributed by atoms with Gasteiger partial charge >= 0.3 is 0 Å². The summed E-state index contributed by atoms with van der Waals surface area (Å²) >= 11 is 0. The minimum absolute atomic E-state index is 0.0677. The molecule has 3 rings (SSSR count). The first-order valence-electron chi connectivity index (χ1n) is 4.26. The van der Waals surface area contributed by atoms with E-state index >= 15 is 0 Å². The molecular formula is C8H11NO2. The maximum atomic E-state index is 11.2. The molecule has 0 aromatic carbocycles. The van der Waals surface area contributed by atoms with Gasteiger partial charge in [-0.15, -0.1) is 0 Å². The third-order valence-corrected chi connectivity index (χ3v) is 3.30. The zero-order chi connectivity index (χ0) is 7.47. The number of ether oxygens (including phenoxy) is 1. The molecule has 3 aliphatic rings. The predicted octanol–water partition coefficient (Wildman–Crippen LogP) is 0.0539. The Balaban J connectivity index is 2.02. The van der Waals surface area contributed by atoms with Crippen LogP contribution >= 0.6 is 0 Å². The predicted molar refractivity (Wildman–Crippen MR) is 38.0 cm³/mol. The van der Waals surface area contributed by atoms with Crippen LogP contribution in [0.4, 0.5) is 0 Å². The van der Waals surface area contributed by atoms with Crippen molar-refractivity contribution in [2.45, 2.75) is 31.0 Å². The number of hydrogen-bond donors (Lipinski definition) is 1. The Hall–Kier alpha value is -0.570. The van der Waals surface area contributed by atoms with E-state index < -0.39 is 0 Å². The number of carbonyl (C=O) groups excluding carboxylic acids is 1. The standard InChI is InChI=1S/C8H11NO2/c10-7-6-3-5-1-2-8(6,11-5)4-9-7/h5-6H,1-4H2,(H,9,10)/t5-,6+,8-/m1/s1. The SMILES string of the molecule is O=C1NC[C@]23CC[C@H](C[C@@H]12)O3. The Labute approximate surface area is 65.1 Å². The molecule has 3 aliphatic heterocycles. The molecule has 0 saturated carbocycles. The van der Waals surface area contributed by atoms with Crippen molar-refractivity contribution in [3.8, 4) is 0 Å². The molecule has 0 unspecified atom stereocenters. The van der Waals surface area contributed by atoms with Gasteiger partial charge in [-0.3, -0.25) is 4.79 Å². The normalized spacial score (nSPS) is 52.9. The number of fused-ring (bicyclic) bond motifs is 1. The smallest absolute Gasteiger partial charge is 0.226 e. The van der Waals surface area contributed by atoms with Crippen LogP contribution in [-0.2, 0) is 9.53 Å². The second-order valence-electron chi connectivity index (χ2n) is 3.85. The van der Waals surface area contributed by atoms with Crippen molar-refractivity contribution < 1.29 is 9.53 Å². The largest absolute Gasteiger partial charge is 0.369 e. The van der Waals surface area contributed by atoms with Gasteiger partial charge in [-0.25, -0.2) is 0 Å². The Morgan fingerprint density at radius 1 is 1.64 bits per heavy atom. The van der Waals surface area contributed by atoms with Crippen molar-refractivity contribution in [1.82, 2.24) is 5.32 Å². The van der Waals surface area contributed by atoms with Crippen molar-refractivity contribution in [3.05, 3.63) is 0 Å². The Bertz CT molecular complexity index is 228. The molecule has 1 N–H and O–H groups in total. The first kappa shape index (κ1) is 6.00. The van der Waals surface area contributed by atoms with Gasteiger partial charge in [0.15, 0.2) is 0 Å². The van der Waals surface area contributed by atoms with Gasteiger partial charge in [0.25, 0.3) is 0 Å². The quantitative estimate of drug-likeness (QED) is 0.534. The molecule has 0 aromatic rings. The average molecular weight is 153 g/mol. The van der Waals surface area contributed by atoms with Crippen molar-refractivity contribution >= 4 is 5.91 Å². The summed E-state index contributed by atoms with van der Waals surface area (Å²) in [6.07, 6.45) is 3.60. The second-order valence-corrected chi connectivity index (χ2v) is 3.85. The number of hydrogen-bond acceptors (Lipinski definition) is 2. The Morgan fingerprint density at radius 3 is 3.27 bits per heavy atom. The van der Waals surface area contributed by atoms with Gasteiger partial charge in [-0.1, -0.05) is 0 Å². The molecule has 1 spiro atoms. The second kappa shape index (κ2) is 1.61. The van der Waals surface area contributed by atoms with E-state index in [0.29, 0.717) is 6.10 Å². The minimum Gasteiger partial charge on any atom is -0.369 e. The zero-order valence-electron chi connectivity index (χ0n) is 6.30. The molecule has 3 nitrogen and oxygen atoms in total. The number of rotatable bonds is 0. The zero-order valence-corrected chi connectivity index (χ0v) is 6.30. The lowest BCUT2D eigenvalue weighted by Crippen LogP contribution is -2.33. The molecule has 3 heterocycles. The summed E-state index contributed by atoms with van der Waals surface area (Å²) < 4.78 is 5.77. The van der Waals surface area contributed by atoms with Gasteiger partial charge in [0.1, 0.15) is 0 Å². The first-order valence-corrected chi connectivity index (χ1v) is 4.26. The van der Waals surface area contributed by atoms with Gasteiger partial charge in [0.2, 0.25) is 5.91 Å². The molecule has 3 fully saturated rings. The molecule has 0 radical (unpaired) electrons. The third-order valence-electron chi connectivity index (χ3n) is 3.30. The molecule has 0 aromatic heterocycles. The van der Waals surface area contributed by atoms with Crippen LogP contribution in [0.1, 0.15) is 19.3 Å². The van der Waals surface area contributed by atoms with Crippen LogP contribution in [-0.4, -0.2) is 24.2 Å². The maximum Gasteiger partial charge on any atom is 0.226 e. The van der Waals surface area contributed by atoms with Crippen LogP contribution < -0.4 is 5.32 Å². The molecule has 1 amide bonds.